The molecule has 3 aromatic carbocycles. The third-order valence-corrected chi connectivity index (χ3v) is 5.82. The van der Waals surface area contributed by atoms with Crippen LogP contribution in [0.15, 0.2) is 78.0 Å². The van der Waals surface area contributed by atoms with Gasteiger partial charge in [0.1, 0.15) is 5.82 Å². The number of hydrogen-bond acceptors (Lipinski definition) is 4. The van der Waals surface area contributed by atoms with Crippen molar-refractivity contribution in [2.24, 2.45) is 0 Å². The van der Waals surface area contributed by atoms with Crippen molar-refractivity contribution < 1.29 is 9.18 Å². The van der Waals surface area contributed by atoms with Gasteiger partial charge in [-0.05, 0) is 48.5 Å². The van der Waals surface area contributed by atoms with E-state index in [1.54, 1.807) is 34.9 Å². The standard InChI is InChI=1S/C22H15Cl2FN4OS/c23-14-9-11-15(12-10-14)29-21(16-5-1-2-6-17(16)24)27-28-22(29)31-13-20(30)26-19-8-4-3-7-18(19)25/h1-12H,13H2,(H,26,30). The Morgan fingerprint density at radius 1 is 0.968 bits per heavy atom. The summed E-state index contributed by atoms with van der Waals surface area (Å²) < 4.78 is 15.6. The first-order valence-electron chi connectivity index (χ1n) is 9.16. The number of anilines is 1. The van der Waals surface area contributed by atoms with Gasteiger partial charge in [0.15, 0.2) is 11.0 Å². The molecule has 1 aromatic heterocycles. The number of benzene rings is 3. The van der Waals surface area contributed by atoms with E-state index in [0.29, 0.717) is 26.6 Å². The first-order chi connectivity index (χ1) is 15.0. The molecule has 1 amide bonds. The molecule has 4 aromatic rings. The second kappa shape index (κ2) is 9.51. The van der Waals surface area contributed by atoms with Gasteiger partial charge in [-0.2, -0.15) is 0 Å². The summed E-state index contributed by atoms with van der Waals surface area (Å²) in [4.78, 5) is 12.4. The monoisotopic (exact) mass is 472 g/mol. The van der Waals surface area contributed by atoms with Crippen LogP contribution < -0.4 is 5.32 Å². The first kappa shape index (κ1) is 21.4. The largest absolute Gasteiger partial charge is 0.323 e. The number of nitrogens with one attached hydrogen (secondary N) is 1. The van der Waals surface area contributed by atoms with Crippen molar-refractivity contribution in [2.45, 2.75) is 5.16 Å². The minimum atomic E-state index is -0.494. The summed E-state index contributed by atoms with van der Waals surface area (Å²) in [6.45, 7) is 0. The Bertz CT molecular complexity index is 1230. The SMILES string of the molecule is O=C(CSc1nnc(-c2ccccc2Cl)n1-c1ccc(Cl)cc1)Nc1ccccc1F. The van der Waals surface area contributed by atoms with Gasteiger partial charge in [0.2, 0.25) is 5.91 Å². The van der Waals surface area contributed by atoms with Crippen LogP contribution in [0.1, 0.15) is 0 Å². The third kappa shape index (κ3) is 4.90. The quantitative estimate of drug-likeness (QED) is 0.343. The molecule has 31 heavy (non-hydrogen) atoms. The van der Waals surface area contributed by atoms with Gasteiger partial charge in [-0.15, -0.1) is 10.2 Å². The highest BCUT2D eigenvalue weighted by Crippen LogP contribution is 2.32. The highest BCUT2D eigenvalue weighted by atomic mass is 35.5. The van der Waals surface area contributed by atoms with E-state index < -0.39 is 5.82 Å². The normalized spacial score (nSPS) is 10.8. The Morgan fingerprint density at radius 3 is 2.42 bits per heavy atom. The molecule has 0 aliphatic rings. The lowest BCUT2D eigenvalue weighted by atomic mass is 10.2. The van der Waals surface area contributed by atoms with E-state index in [0.717, 1.165) is 5.69 Å². The molecule has 0 aliphatic heterocycles. The Labute approximate surface area is 192 Å². The van der Waals surface area contributed by atoms with Crippen molar-refractivity contribution in [3.8, 4) is 17.1 Å². The van der Waals surface area contributed by atoms with Crippen molar-refractivity contribution in [3.63, 3.8) is 0 Å². The second-order valence-corrected chi connectivity index (χ2v) is 8.20. The van der Waals surface area contributed by atoms with Gasteiger partial charge in [-0.3, -0.25) is 9.36 Å². The molecule has 0 fully saturated rings. The molecule has 0 spiro atoms. The lowest BCUT2D eigenvalue weighted by Gasteiger charge is -2.11. The molecule has 5 nitrogen and oxygen atoms in total. The zero-order valence-electron chi connectivity index (χ0n) is 15.9. The van der Waals surface area contributed by atoms with Gasteiger partial charge in [0.25, 0.3) is 0 Å². The summed E-state index contributed by atoms with van der Waals surface area (Å²) in [6, 6.07) is 20.5. The lowest BCUT2D eigenvalue weighted by Crippen LogP contribution is -2.15. The number of rotatable bonds is 6. The molecule has 0 radical (unpaired) electrons. The molecule has 0 aliphatic carbocycles. The summed E-state index contributed by atoms with van der Waals surface area (Å²) in [5.74, 6) is -0.307. The number of halogens is 3. The van der Waals surface area contributed by atoms with Crippen LogP contribution >= 0.6 is 35.0 Å². The summed E-state index contributed by atoms with van der Waals surface area (Å²) in [7, 11) is 0. The Balaban J connectivity index is 1.63. The fourth-order valence-electron chi connectivity index (χ4n) is 2.88. The van der Waals surface area contributed by atoms with Crippen LogP contribution in [-0.4, -0.2) is 26.4 Å². The lowest BCUT2D eigenvalue weighted by molar-refractivity contribution is -0.113. The van der Waals surface area contributed by atoms with Gasteiger partial charge >= 0.3 is 0 Å². The average molecular weight is 473 g/mol. The molecule has 1 heterocycles. The number of aromatic nitrogens is 3. The predicted molar refractivity (Wildman–Crippen MR) is 123 cm³/mol. The summed E-state index contributed by atoms with van der Waals surface area (Å²) >= 11 is 13.6. The summed E-state index contributed by atoms with van der Waals surface area (Å²) in [6.07, 6.45) is 0. The fourth-order valence-corrected chi connectivity index (χ4v) is 3.98. The highest BCUT2D eigenvalue weighted by Gasteiger charge is 2.19. The maximum Gasteiger partial charge on any atom is 0.234 e. The predicted octanol–water partition coefficient (Wildman–Crippen LogP) is 6.11. The molecular weight excluding hydrogens is 458 g/mol. The molecule has 0 atom stereocenters. The van der Waals surface area contributed by atoms with Crippen molar-refractivity contribution in [2.75, 3.05) is 11.1 Å². The van der Waals surface area contributed by atoms with Gasteiger partial charge in [0.05, 0.1) is 16.5 Å². The zero-order chi connectivity index (χ0) is 21.8. The van der Waals surface area contributed by atoms with Crippen molar-refractivity contribution >= 4 is 46.6 Å². The van der Waals surface area contributed by atoms with Crippen LogP contribution in [-0.2, 0) is 4.79 Å². The van der Waals surface area contributed by atoms with Crippen LogP contribution in [0.4, 0.5) is 10.1 Å². The van der Waals surface area contributed by atoms with Crippen molar-refractivity contribution in [1.29, 1.82) is 0 Å². The molecule has 0 saturated carbocycles. The summed E-state index contributed by atoms with van der Waals surface area (Å²) in [5.41, 5.74) is 1.60. The molecule has 0 bridgehead atoms. The smallest absolute Gasteiger partial charge is 0.234 e. The van der Waals surface area contributed by atoms with Gasteiger partial charge in [-0.1, -0.05) is 59.2 Å². The molecule has 0 saturated heterocycles. The van der Waals surface area contributed by atoms with Gasteiger partial charge in [-0.25, -0.2) is 4.39 Å². The van der Waals surface area contributed by atoms with E-state index in [-0.39, 0.29) is 17.3 Å². The number of thioether (sulfide) groups is 1. The van der Waals surface area contributed by atoms with E-state index in [9.17, 15) is 9.18 Å². The van der Waals surface area contributed by atoms with Crippen molar-refractivity contribution in [1.82, 2.24) is 14.8 Å². The highest BCUT2D eigenvalue weighted by molar-refractivity contribution is 7.99. The second-order valence-electron chi connectivity index (χ2n) is 6.41. The van der Waals surface area contributed by atoms with E-state index >= 15 is 0 Å². The molecule has 4 rings (SSSR count). The molecule has 1 N–H and O–H groups in total. The summed E-state index contributed by atoms with van der Waals surface area (Å²) in [5, 5.41) is 12.7. The Kier molecular flexibility index (Phi) is 6.56. The maximum atomic E-state index is 13.8. The van der Waals surface area contributed by atoms with Crippen LogP contribution in [0.2, 0.25) is 10.0 Å². The van der Waals surface area contributed by atoms with E-state index in [2.05, 4.69) is 15.5 Å². The van der Waals surface area contributed by atoms with Crippen LogP contribution in [0, 0.1) is 5.82 Å². The van der Waals surface area contributed by atoms with Crippen molar-refractivity contribution in [3.05, 3.63) is 88.7 Å². The fraction of sp³-hybridized carbons (Fsp3) is 0.0455. The zero-order valence-corrected chi connectivity index (χ0v) is 18.3. The molecular formula is C22H15Cl2FN4OS. The number of para-hydroxylation sites is 1. The minimum absolute atomic E-state index is 0.0164. The minimum Gasteiger partial charge on any atom is -0.323 e. The Hall–Kier alpha value is -2.87. The van der Waals surface area contributed by atoms with Crippen LogP contribution in [0.5, 0.6) is 0 Å². The van der Waals surface area contributed by atoms with Gasteiger partial charge in [0, 0.05) is 16.3 Å². The maximum absolute atomic E-state index is 13.8. The Morgan fingerprint density at radius 2 is 1.68 bits per heavy atom. The molecule has 156 valence electrons. The third-order valence-electron chi connectivity index (χ3n) is 4.31. The van der Waals surface area contributed by atoms with E-state index in [4.69, 9.17) is 23.2 Å². The molecule has 9 heteroatoms. The topological polar surface area (TPSA) is 59.8 Å². The van der Waals surface area contributed by atoms with Gasteiger partial charge < -0.3 is 5.32 Å². The number of nitrogens with zero attached hydrogens (tertiary/aromatic N) is 3. The van der Waals surface area contributed by atoms with E-state index in [1.165, 1.54) is 23.9 Å². The number of carbonyl (C=O) groups excluding carboxylic acids is 1. The average Bonchev–Trinajstić information content (AvgIpc) is 3.18. The first-order valence-corrected chi connectivity index (χ1v) is 10.9. The van der Waals surface area contributed by atoms with Crippen LogP contribution in [0.3, 0.4) is 0 Å². The van der Waals surface area contributed by atoms with E-state index in [1.807, 2.05) is 30.3 Å². The number of carbonyl (C=O) groups is 1. The number of hydrogen-bond donors (Lipinski definition) is 1. The number of amides is 1. The molecule has 0 unspecified atom stereocenters. The van der Waals surface area contributed by atoms with Crippen LogP contribution in [0.25, 0.3) is 17.1 Å².